The molecule has 0 aliphatic rings. The number of halogens is 2. The summed E-state index contributed by atoms with van der Waals surface area (Å²) in [7, 11) is 0. The molecule has 1 aromatic rings. The lowest BCUT2D eigenvalue weighted by Crippen LogP contribution is -1.87. The van der Waals surface area contributed by atoms with Gasteiger partial charge in [0.05, 0.1) is 12.1 Å². The van der Waals surface area contributed by atoms with Crippen molar-refractivity contribution in [2.24, 2.45) is 0 Å². The Morgan fingerprint density at radius 2 is 2.18 bits per heavy atom. The van der Waals surface area contributed by atoms with Gasteiger partial charge in [0.15, 0.2) is 0 Å². The van der Waals surface area contributed by atoms with E-state index in [1.54, 1.807) is 12.1 Å². The Kier molecular flexibility index (Phi) is 2.76. The summed E-state index contributed by atoms with van der Waals surface area (Å²) < 4.78 is 0. The molecule has 0 radical (unpaired) electrons. The average Bonchev–Trinajstić information content (AvgIpc) is 1.85. The first-order valence-corrected chi connectivity index (χ1v) is 3.73. The van der Waals surface area contributed by atoms with E-state index in [0.29, 0.717) is 16.6 Å². The van der Waals surface area contributed by atoms with Gasteiger partial charge in [-0.2, -0.15) is 0 Å². The highest BCUT2D eigenvalue weighted by atomic mass is 35.5. The number of nitrogens with zero attached hydrogens (tertiary/aromatic N) is 1. The molecule has 56 valence electrons. The smallest absolute Gasteiger partial charge is 0.130 e. The molecule has 0 aromatic carbocycles. The van der Waals surface area contributed by atoms with Gasteiger partial charge in [-0.05, 0) is 12.1 Å². The maximum Gasteiger partial charge on any atom is 0.130 e. The Labute approximate surface area is 75.4 Å². The molecule has 11 heavy (non-hydrogen) atoms. The van der Waals surface area contributed by atoms with Gasteiger partial charge < -0.3 is 0 Å². The van der Waals surface area contributed by atoms with Gasteiger partial charge in [-0.15, -0.1) is 12.3 Å². The summed E-state index contributed by atoms with van der Waals surface area (Å²) in [5.74, 6) is 2.46. The third-order valence-corrected chi connectivity index (χ3v) is 1.51. The van der Waals surface area contributed by atoms with E-state index in [1.807, 2.05) is 0 Å². The van der Waals surface area contributed by atoms with Crippen LogP contribution in [0, 0.1) is 12.3 Å². The number of terminal acetylenes is 1. The Morgan fingerprint density at radius 3 is 2.73 bits per heavy atom. The highest BCUT2D eigenvalue weighted by Crippen LogP contribution is 2.15. The first kappa shape index (κ1) is 8.39. The predicted octanol–water partition coefficient (Wildman–Crippen LogP) is 2.56. The third-order valence-electron chi connectivity index (χ3n) is 1.10. The van der Waals surface area contributed by atoms with Gasteiger partial charge in [-0.3, -0.25) is 0 Å². The van der Waals surface area contributed by atoms with Gasteiger partial charge in [-0.25, -0.2) is 4.98 Å². The van der Waals surface area contributed by atoms with Crippen molar-refractivity contribution in [1.29, 1.82) is 0 Å². The Hall–Kier alpha value is -0.710. The molecule has 0 saturated carbocycles. The molecule has 0 spiro atoms. The van der Waals surface area contributed by atoms with E-state index < -0.39 is 0 Å². The molecule has 0 N–H and O–H groups in total. The highest BCUT2D eigenvalue weighted by Gasteiger charge is 1.96. The number of hydrogen-bond acceptors (Lipinski definition) is 1. The fraction of sp³-hybridized carbons (Fsp3) is 0.125. The fourth-order valence-electron chi connectivity index (χ4n) is 0.711. The Balaban J connectivity index is 3.01. The van der Waals surface area contributed by atoms with E-state index in [4.69, 9.17) is 29.6 Å². The van der Waals surface area contributed by atoms with Crippen LogP contribution in [-0.2, 0) is 6.42 Å². The minimum Gasteiger partial charge on any atom is -0.240 e. The summed E-state index contributed by atoms with van der Waals surface area (Å²) in [5, 5.41) is 0.943. The summed E-state index contributed by atoms with van der Waals surface area (Å²) in [6.07, 6.45) is 5.54. The zero-order chi connectivity index (χ0) is 8.27. The Morgan fingerprint density at radius 1 is 1.45 bits per heavy atom. The summed E-state index contributed by atoms with van der Waals surface area (Å²) in [4.78, 5) is 3.96. The molecule has 1 aromatic heterocycles. The van der Waals surface area contributed by atoms with Gasteiger partial charge in [0.1, 0.15) is 5.15 Å². The van der Waals surface area contributed by atoms with Crippen molar-refractivity contribution in [2.75, 3.05) is 0 Å². The maximum absolute atomic E-state index is 5.69. The van der Waals surface area contributed by atoms with E-state index in [0.717, 1.165) is 5.69 Å². The van der Waals surface area contributed by atoms with Gasteiger partial charge in [-0.1, -0.05) is 23.2 Å². The first-order chi connectivity index (χ1) is 5.22. The predicted molar refractivity (Wildman–Crippen MR) is 46.8 cm³/mol. The van der Waals surface area contributed by atoms with E-state index in [-0.39, 0.29) is 0 Å². The van der Waals surface area contributed by atoms with Crippen molar-refractivity contribution in [2.45, 2.75) is 6.42 Å². The van der Waals surface area contributed by atoms with Crippen molar-refractivity contribution >= 4 is 23.2 Å². The maximum atomic E-state index is 5.69. The van der Waals surface area contributed by atoms with Gasteiger partial charge in [0.2, 0.25) is 0 Å². The zero-order valence-electron chi connectivity index (χ0n) is 5.64. The van der Waals surface area contributed by atoms with Crippen molar-refractivity contribution in [1.82, 2.24) is 4.98 Å². The second kappa shape index (κ2) is 3.61. The van der Waals surface area contributed by atoms with Crippen LogP contribution >= 0.6 is 23.2 Å². The van der Waals surface area contributed by atoms with Crippen LogP contribution in [0.15, 0.2) is 12.1 Å². The highest BCUT2D eigenvalue weighted by molar-refractivity contribution is 6.33. The summed E-state index contributed by atoms with van der Waals surface area (Å²) in [6, 6.07) is 3.27. The van der Waals surface area contributed by atoms with E-state index in [1.165, 1.54) is 0 Å². The van der Waals surface area contributed by atoms with Crippen LogP contribution in [0.25, 0.3) is 0 Å². The van der Waals surface area contributed by atoms with Crippen molar-refractivity contribution in [3.05, 3.63) is 28.0 Å². The lowest BCUT2D eigenvalue weighted by molar-refractivity contribution is 1.13. The van der Waals surface area contributed by atoms with Crippen LogP contribution < -0.4 is 0 Å². The summed E-state index contributed by atoms with van der Waals surface area (Å²) >= 11 is 11.3. The minimum absolute atomic E-state index is 0.378. The molecule has 0 fully saturated rings. The molecule has 0 aliphatic heterocycles. The number of rotatable bonds is 1. The topological polar surface area (TPSA) is 12.9 Å². The standard InChI is InChI=1S/C8H5Cl2N/c1-2-3-7-4-6(9)5-8(10)11-7/h1,4-5H,3H2. The summed E-state index contributed by atoms with van der Waals surface area (Å²) in [6.45, 7) is 0. The quantitative estimate of drug-likeness (QED) is 0.485. The van der Waals surface area contributed by atoms with Crippen LogP contribution in [-0.4, -0.2) is 4.98 Å². The van der Waals surface area contributed by atoms with Crippen molar-refractivity contribution in [3.63, 3.8) is 0 Å². The van der Waals surface area contributed by atoms with Crippen LogP contribution in [0.3, 0.4) is 0 Å². The minimum atomic E-state index is 0.378. The lowest BCUT2D eigenvalue weighted by atomic mass is 10.3. The monoisotopic (exact) mass is 185 g/mol. The van der Waals surface area contributed by atoms with E-state index in [2.05, 4.69) is 10.9 Å². The lowest BCUT2D eigenvalue weighted by Gasteiger charge is -1.96. The largest absolute Gasteiger partial charge is 0.240 e. The van der Waals surface area contributed by atoms with Crippen LogP contribution in [0.1, 0.15) is 5.69 Å². The molecule has 0 aliphatic carbocycles. The first-order valence-electron chi connectivity index (χ1n) is 2.98. The fourth-order valence-corrected chi connectivity index (χ4v) is 1.22. The molecule has 0 atom stereocenters. The van der Waals surface area contributed by atoms with Gasteiger partial charge in [0.25, 0.3) is 0 Å². The average molecular weight is 186 g/mol. The second-order valence-corrected chi connectivity index (χ2v) is 2.80. The van der Waals surface area contributed by atoms with Gasteiger partial charge >= 0.3 is 0 Å². The molecule has 1 heterocycles. The molecular formula is C8H5Cl2N. The molecule has 0 bridgehead atoms. The SMILES string of the molecule is C#CCc1cc(Cl)cc(Cl)n1. The van der Waals surface area contributed by atoms with Crippen molar-refractivity contribution < 1.29 is 0 Å². The molecular weight excluding hydrogens is 181 g/mol. The molecule has 0 unspecified atom stereocenters. The molecule has 0 saturated heterocycles. The van der Waals surface area contributed by atoms with E-state index >= 15 is 0 Å². The normalized spacial score (nSPS) is 9.18. The van der Waals surface area contributed by atoms with Crippen LogP contribution in [0.5, 0.6) is 0 Å². The summed E-state index contributed by atoms with van der Waals surface area (Å²) in [5.41, 5.74) is 0.727. The zero-order valence-corrected chi connectivity index (χ0v) is 7.15. The van der Waals surface area contributed by atoms with Gasteiger partial charge in [0, 0.05) is 5.02 Å². The molecule has 0 amide bonds. The number of hydrogen-bond donors (Lipinski definition) is 0. The Bertz CT molecular complexity index is 281. The molecule has 3 heteroatoms. The van der Waals surface area contributed by atoms with E-state index in [9.17, 15) is 0 Å². The third kappa shape index (κ3) is 2.42. The molecule has 1 rings (SSSR count). The second-order valence-electron chi connectivity index (χ2n) is 1.98. The van der Waals surface area contributed by atoms with Crippen LogP contribution in [0.4, 0.5) is 0 Å². The number of aromatic nitrogens is 1. The van der Waals surface area contributed by atoms with Crippen molar-refractivity contribution in [3.8, 4) is 12.3 Å². The van der Waals surface area contributed by atoms with Crippen LogP contribution in [0.2, 0.25) is 10.2 Å². The number of pyridine rings is 1. The molecule has 1 nitrogen and oxygen atoms in total.